The van der Waals surface area contributed by atoms with Gasteiger partial charge in [-0.1, -0.05) is 18.5 Å². The van der Waals surface area contributed by atoms with Gasteiger partial charge in [0, 0.05) is 24.2 Å². The summed E-state index contributed by atoms with van der Waals surface area (Å²) in [6.07, 6.45) is 0.885. The lowest BCUT2D eigenvalue weighted by Crippen LogP contribution is -2.23. The summed E-state index contributed by atoms with van der Waals surface area (Å²) in [5.74, 6) is 0.806. The number of benzene rings is 1. The Morgan fingerprint density at radius 3 is 2.71 bits per heavy atom. The summed E-state index contributed by atoms with van der Waals surface area (Å²) in [6, 6.07) is 4.95. The van der Waals surface area contributed by atoms with Crippen LogP contribution in [0.4, 0.5) is 0 Å². The monoisotopic (exact) mass is 328 g/mol. The number of hydrogen-bond donors (Lipinski definition) is 0. The van der Waals surface area contributed by atoms with E-state index in [1.165, 1.54) is 4.57 Å². The molecule has 1 heterocycles. The predicted octanol–water partition coefficient (Wildman–Crippen LogP) is 1.95. The molecule has 0 unspecified atom stereocenters. The minimum absolute atomic E-state index is 0.104. The van der Waals surface area contributed by atoms with E-state index < -0.39 is 9.84 Å². The lowest BCUT2D eigenvalue weighted by Gasteiger charge is -2.09. The van der Waals surface area contributed by atoms with E-state index in [4.69, 9.17) is 11.6 Å². The first-order valence-corrected chi connectivity index (χ1v) is 8.89. The van der Waals surface area contributed by atoms with Gasteiger partial charge in [-0.05, 0) is 24.6 Å². The fourth-order valence-corrected chi connectivity index (χ4v) is 3.15. The number of rotatable bonds is 5. The quantitative estimate of drug-likeness (QED) is 0.841. The van der Waals surface area contributed by atoms with E-state index in [9.17, 15) is 13.2 Å². The molecule has 1 aromatic carbocycles. The average molecular weight is 329 g/mol. The van der Waals surface area contributed by atoms with Gasteiger partial charge < -0.3 is 0 Å². The van der Waals surface area contributed by atoms with Crippen molar-refractivity contribution < 1.29 is 8.42 Å². The summed E-state index contributed by atoms with van der Waals surface area (Å²) in [4.78, 5) is 16.7. The van der Waals surface area contributed by atoms with Crippen molar-refractivity contribution in [1.29, 1.82) is 0 Å². The van der Waals surface area contributed by atoms with E-state index in [2.05, 4.69) is 4.98 Å². The largest absolute Gasteiger partial charge is 0.299 e. The van der Waals surface area contributed by atoms with Gasteiger partial charge in [0.1, 0.15) is 15.7 Å². The first-order chi connectivity index (χ1) is 9.84. The van der Waals surface area contributed by atoms with Crippen molar-refractivity contribution in [3.8, 4) is 0 Å². The van der Waals surface area contributed by atoms with Crippen molar-refractivity contribution in [1.82, 2.24) is 9.55 Å². The maximum atomic E-state index is 12.2. The van der Waals surface area contributed by atoms with Gasteiger partial charge in [-0.3, -0.25) is 9.36 Å². The zero-order valence-electron chi connectivity index (χ0n) is 12.0. The molecule has 114 valence electrons. The molecule has 2 rings (SSSR count). The summed E-state index contributed by atoms with van der Waals surface area (Å²) >= 11 is 5.92. The maximum absolute atomic E-state index is 12.2. The van der Waals surface area contributed by atoms with Gasteiger partial charge in [0.2, 0.25) is 0 Å². The summed E-state index contributed by atoms with van der Waals surface area (Å²) in [5, 5.41) is 1.02. The molecular formula is C14H17ClN2O3S. The second-order valence-electron chi connectivity index (χ2n) is 4.89. The highest BCUT2D eigenvalue weighted by Crippen LogP contribution is 2.15. The number of sulfone groups is 1. The third-order valence-electron chi connectivity index (χ3n) is 3.43. The SMILES string of the molecule is CCS(=O)(=O)CCCc1nc2cc(Cl)ccc2c(=O)n1C. The zero-order valence-corrected chi connectivity index (χ0v) is 13.5. The topological polar surface area (TPSA) is 69.0 Å². The minimum Gasteiger partial charge on any atom is -0.299 e. The molecule has 2 aromatic rings. The third-order valence-corrected chi connectivity index (χ3v) is 5.45. The number of nitrogens with zero attached hydrogens (tertiary/aromatic N) is 2. The number of fused-ring (bicyclic) bond motifs is 1. The molecule has 0 N–H and O–H groups in total. The van der Waals surface area contributed by atoms with Gasteiger partial charge in [-0.15, -0.1) is 0 Å². The number of aromatic nitrogens is 2. The molecule has 5 nitrogen and oxygen atoms in total. The Hall–Kier alpha value is -1.40. The number of halogens is 1. The summed E-state index contributed by atoms with van der Waals surface area (Å²) in [7, 11) is -1.35. The van der Waals surface area contributed by atoms with Crippen LogP contribution >= 0.6 is 11.6 Å². The Balaban J connectivity index is 2.32. The van der Waals surface area contributed by atoms with Crippen molar-refractivity contribution in [3.63, 3.8) is 0 Å². The van der Waals surface area contributed by atoms with Crippen LogP contribution in [0.25, 0.3) is 10.9 Å². The van der Waals surface area contributed by atoms with Crippen LogP contribution in [0.1, 0.15) is 19.2 Å². The van der Waals surface area contributed by atoms with Gasteiger partial charge in [0.25, 0.3) is 5.56 Å². The first kappa shape index (κ1) is 16.0. The van der Waals surface area contributed by atoms with E-state index in [1.54, 1.807) is 32.2 Å². The van der Waals surface area contributed by atoms with E-state index in [1.807, 2.05) is 0 Å². The van der Waals surface area contributed by atoms with Crippen LogP contribution in [0.3, 0.4) is 0 Å². The second kappa shape index (κ2) is 6.15. The van der Waals surface area contributed by atoms with Crippen LogP contribution in [0, 0.1) is 0 Å². The third kappa shape index (κ3) is 3.63. The first-order valence-electron chi connectivity index (χ1n) is 6.69. The maximum Gasteiger partial charge on any atom is 0.261 e. The smallest absolute Gasteiger partial charge is 0.261 e. The van der Waals surface area contributed by atoms with Gasteiger partial charge in [-0.2, -0.15) is 0 Å². The molecule has 21 heavy (non-hydrogen) atoms. The summed E-state index contributed by atoms with van der Waals surface area (Å²) < 4.78 is 24.5. The van der Waals surface area contributed by atoms with Crippen LogP contribution < -0.4 is 5.56 Å². The highest BCUT2D eigenvalue weighted by molar-refractivity contribution is 7.91. The van der Waals surface area contributed by atoms with Gasteiger partial charge in [0.05, 0.1) is 16.7 Å². The molecule has 0 radical (unpaired) electrons. The second-order valence-corrected chi connectivity index (χ2v) is 7.80. The van der Waals surface area contributed by atoms with Crippen LogP contribution in [0.5, 0.6) is 0 Å². The molecule has 7 heteroatoms. The molecular weight excluding hydrogens is 312 g/mol. The molecule has 0 saturated carbocycles. The highest BCUT2D eigenvalue weighted by atomic mass is 35.5. The Morgan fingerprint density at radius 1 is 1.33 bits per heavy atom. The fourth-order valence-electron chi connectivity index (χ4n) is 2.11. The molecule has 0 bridgehead atoms. The van der Waals surface area contributed by atoms with E-state index in [-0.39, 0.29) is 17.1 Å². The average Bonchev–Trinajstić information content (AvgIpc) is 2.44. The molecule has 1 aromatic heterocycles. The van der Waals surface area contributed by atoms with Crippen LogP contribution in [-0.2, 0) is 23.3 Å². The molecule has 0 atom stereocenters. The lowest BCUT2D eigenvalue weighted by atomic mass is 10.2. The van der Waals surface area contributed by atoms with Gasteiger partial charge >= 0.3 is 0 Å². The van der Waals surface area contributed by atoms with Gasteiger partial charge in [-0.25, -0.2) is 13.4 Å². The predicted molar refractivity (Wildman–Crippen MR) is 84.6 cm³/mol. The number of aryl methyl sites for hydroxylation is 1. The van der Waals surface area contributed by atoms with Crippen LogP contribution in [0.2, 0.25) is 5.02 Å². The van der Waals surface area contributed by atoms with Crippen molar-refractivity contribution in [2.75, 3.05) is 11.5 Å². The molecule has 0 aliphatic heterocycles. The Kier molecular flexibility index (Phi) is 4.68. The van der Waals surface area contributed by atoms with E-state index in [0.717, 1.165) is 0 Å². The highest BCUT2D eigenvalue weighted by Gasteiger charge is 2.11. The summed E-state index contributed by atoms with van der Waals surface area (Å²) in [5.41, 5.74) is 0.393. The van der Waals surface area contributed by atoms with Crippen molar-refractivity contribution in [2.45, 2.75) is 19.8 Å². The fraction of sp³-hybridized carbons (Fsp3) is 0.429. The molecule has 0 aliphatic carbocycles. The van der Waals surface area contributed by atoms with E-state index in [0.29, 0.717) is 34.6 Å². The number of hydrogen-bond acceptors (Lipinski definition) is 4. The minimum atomic E-state index is -3.00. The van der Waals surface area contributed by atoms with E-state index >= 15 is 0 Å². The van der Waals surface area contributed by atoms with Crippen molar-refractivity contribution >= 4 is 32.3 Å². The summed E-state index contributed by atoms with van der Waals surface area (Å²) in [6.45, 7) is 1.63. The van der Waals surface area contributed by atoms with Gasteiger partial charge in [0.15, 0.2) is 0 Å². The molecule has 0 saturated heterocycles. The Morgan fingerprint density at radius 2 is 2.05 bits per heavy atom. The normalized spacial score (nSPS) is 12.0. The lowest BCUT2D eigenvalue weighted by molar-refractivity contribution is 0.593. The van der Waals surface area contributed by atoms with Crippen molar-refractivity contribution in [3.05, 3.63) is 39.4 Å². The molecule has 0 fully saturated rings. The zero-order chi connectivity index (χ0) is 15.6. The molecule has 0 spiro atoms. The van der Waals surface area contributed by atoms with Crippen LogP contribution in [0.15, 0.2) is 23.0 Å². The molecule has 0 amide bonds. The molecule has 0 aliphatic rings. The Labute approximate surface area is 128 Å². The Bertz CT molecular complexity index is 828. The standard InChI is InChI=1S/C14H17ClN2O3S/c1-3-21(19,20)8-4-5-13-16-12-9-10(15)6-7-11(12)14(18)17(13)2/h6-7,9H,3-5,8H2,1-2H3. The van der Waals surface area contributed by atoms with Crippen molar-refractivity contribution in [2.24, 2.45) is 7.05 Å². The van der Waals surface area contributed by atoms with Crippen LogP contribution in [-0.4, -0.2) is 29.5 Å².